The number of carbonyl (C=O) groups is 1. The van der Waals surface area contributed by atoms with Gasteiger partial charge in [0, 0.05) is 23.6 Å². The molecule has 1 N–H and O–H groups in total. The van der Waals surface area contributed by atoms with Crippen LogP contribution in [-0.2, 0) is 4.74 Å². The quantitative estimate of drug-likeness (QED) is 0.907. The van der Waals surface area contributed by atoms with E-state index in [4.69, 9.17) is 4.74 Å². The molecular weight excluding hydrogens is 348 g/mol. The predicted molar refractivity (Wildman–Crippen MR) is 87.2 cm³/mol. The average molecular weight is 363 g/mol. The van der Waals surface area contributed by atoms with Crippen molar-refractivity contribution in [3.63, 3.8) is 0 Å². The summed E-state index contributed by atoms with van der Waals surface area (Å²) < 4.78 is 6.15. The number of hydrogen-bond donors (Lipinski definition) is 1. The summed E-state index contributed by atoms with van der Waals surface area (Å²) in [5.41, 5.74) is 1.05. The van der Waals surface area contributed by atoms with Crippen LogP contribution < -0.4 is 10.2 Å². The minimum atomic E-state index is -0.260. The fourth-order valence-corrected chi connectivity index (χ4v) is 2.57. The van der Waals surface area contributed by atoms with Gasteiger partial charge in [0.05, 0.1) is 18.9 Å². The first kappa shape index (κ1) is 14.9. The topological polar surface area (TPSA) is 67.4 Å². The van der Waals surface area contributed by atoms with Gasteiger partial charge in [0.1, 0.15) is 17.8 Å². The number of morpholine rings is 1. The Kier molecular flexibility index (Phi) is 4.65. The zero-order valence-electron chi connectivity index (χ0n) is 11.8. The van der Waals surface area contributed by atoms with Gasteiger partial charge in [-0.05, 0) is 28.1 Å². The van der Waals surface area contributed by atoms with E-state index in [1.54, 1.807) is 6.07 Å². The Labute approximate surface area is 136 Å². The third-order valence-corrected chi connectivity index (χ3v) is 4.03. The van der Waals surface area contributed by atoms with Crippen LogP contribution in [0, 0.1) is 0 Å². The molecule has 0 aliphatic carbocycles. The third kappa shape index (κ3) is 3.42. The Hall–Kier alpha value is -1.99. The van der Waals surface area contributed by atoms with Crippen molar-refractivity contribution in [3.8, 4) is 0 Å². The van der Waals surface area contributed by atoms with Gasteiger partial charge < -0.3 is 15.0 Å². The van der Waals surface area contributed by atoms with Crippen LogP contribution in [0.5, 0.6) is 0 Å². The standard InChI is InChI=1S/C15H15BrN4O2/c16-11-3-1-2-4-12(11)19-15(21)13-9-14(18-10-17-13)20-5-7-22-8-6-20/h1-4,9-10H,5-8H2,(H,19,21). The third-order valence-electron chi connectivity index (χ3n) is 3.34. The molecule has 6 nitrogen and oxygen atoms in total. The number of rotatable bonds is 3. The number of hydrogen-bond acceptors (Lipinski definition) is 5. The highest BCUT2D eigenvalue weighted by atomic mass is 79.9. The summed E-state index contributed by atoms with van der Waals surface area (Å²) >= 11 is 3.40. The van der Waals surface area contributed by atoms with Crippen LogP contribution in [0.15, 0.2) is 41.1 Å². The van der Waals surface area contributed by atoms with Gasteiger partial charge in [-0.3, -0.25) is 4.79 Å². The second kappa shape index (κ2) is 6.85. The van der Waals surface area contributed by atoms with Crippen LogP contribution >= 0.6 is 15.9 Å². The van der Waals surface area contributed by atoms with Gasteiger partial charge in [0.15, 0.2) is 0 Å². The lowest BCUT2D eigenvalue weighted by Gasteiger charge is -2.27. The smallest absolute Gasteiger partial charge is 0.274 e. The van der Waals surface area contributed by atoms with E-state index in [0.717, 1.165) is 23.4 Å². The molecule has 7 heteroatoms. The Morgan fingerprint density at radius 3 is 2.77 bits per heavy atom. The Balaban J connectivity index is 1.76. The monoisotopic (exact) mass is 362 g/mol. The van der Waals surface area contributed by atoms with Crippen molar-refractivity contribution in [1.29, 1.82) is 0 Å². The molecule has 3 rings (SSSR count). The molecule has 1 aromatic carbocycles. The molecule has 0 radical (unpaired) electrons. The number of nitrogens with zero attached hydrogens (tertiary/aromatic N) is 3. The molecular formula is C15H15BrN4O2. The molecule has 1 aliphatic rings. The molecule has 1 aliphatic heterocycles. The Morgan fingerprint density at radius 2 is 2.00 bits per heavy atom. The first-order valence-corrected chi connectivity index (χ1v) is 7.74. The van der Waals surface area contributed by atoms with Crippen LogP contribution in [0.3, 0.4) is 0 Å². The lowest BCUT2D eigenvalue weighted by atomic mass is 10.3. The van der Waals surface area contributed by atoms with Gasteiger partial charge in [0.25, 0.3) is 5.91 Å². The van der Waals surface area contributed by atoms with Gasteiger partial charge >= 0.3 is 0 Å². The molecule has 114 valence electrons. The second-order valence-corrected chi connectivity index (χ2v) is 5.65. The number of amides is 1. The fourth-order valence-electron chi connectivity index (χ4n) is 2.19. The van der Waals surface area contributed by atoms with E-state index in [9.17, 15) is 4.79 Å². The fraction of sp³-hybridized carbons (Fsp3) is 0.267. The zero-order valence-corrected chi connectivity index (χ0v) is 13.4. The van der Waals surface area contributed by atoms with Crippen LogP contribution in [0.4, 0.5) is 11.5 Å². The number of benzene rings is 1. The van der Waals surface area contributed by atoms with Crippen molar-refractivity contribution >= 4 is 33.3 Å². The van der Waals surface area contributed by atoms with Crippen molar-refractivity contribution in [3.05, 3.63) is 46.8 Å². The summed E-state index contributed by atoms with van der Waals surface area (Å²) in [5.74, 6) is 0.486. The first-order valence-electron chi connectivity index (χ1n) is 6.94. The van der Waals surface area contributed by atoms with Gasteiger partial charge in [-0.25, -0.2) is 9.97 Å². The Bertz CT molecular complexity index is 674. The maximum absolute atomic E-state index is 12.3. The van der Waals surface area contributed by atoms with Gasteiger partial charge in [0.2, 0.25) is 0 Å². The molecule has 1 amide bonds. The summed E-state index contributed by atoms with van der Waals surface area (Å²) in [4.78, 5) is 22.7. The lowest BCUT2D eigenvalue weighted by molar-refractivity contribution is 0.102. The molecule has 22 heavy (non-hydrogen) atoms. The highest BCUT2D eigenvalue weighted by Crippen LogP contribution is 2.22. The van der Waals surface area contributed by atoms with Gasteiger partial charge in [-0.2, -0.15) is 0 Å². The maximum atomic E-state index is 12.3. The zero-order chi connectivity index (χ0) is 15.4. The molecule has 0 spiro atoms. The minimum absolute atomic E-state index is 0.260. The van der Waals surface area contributed by atoms with E-state index >= 15 is 0 Å². The van der Waals surface area contributed by atoms with E-state index in [2.05, 4.69) is 36.1 Å². The minimum Gasteiger partial charge on any atom is -0.378 e. The molecule has 1 fully saturated rings. The predicted octanol–water partition coefficient (Wildman–Crippen LogP) is 2.33. The summed E-state index contributed by atoms with van der Waals surface area (Å²) in [6, 6.07) is 9.15. The lowest BCUT2D eigenvalue weighted by Crippen LogP contribution is -2.37. The van der Waals surface area contributed by atoms with Crippen molar-refractivity contribution in [1.82, 2.24) is 9.97 Å². The van der Waals surface area contributed by atoms with Crippen LogP contribution in [0.1, 0.15) is 10.5 Å². The number of anilines is 2. The number of aromatic nitrogens is 2. The number of nitrogens with one attached hydrogen (secondary N) is 1. The van der Waals surface area contributed by atoms with E-state index in [1.807, 2.05) is 24.3 Å². The number of carbonyl (C=O) groups excluding carboxylic acids is 1. The van der Waals surface area contributed by atoms with E-state index < -0.39 is 0 Å². The first-order chi connectivity index (χ1) is 10.7. The maximum Gasteiger partial charge on any atom is 0.274 e. The van der Waals surface area contributed by atoms with E-state index in [1.165, 1.54) is 6.33 Å². The molecule has 0 bridgehead atoms. The Morgan fingerprint density at radius 1 is 1.23 bits per heavy atom. The highest BCUT2D eigenvalue weighted by molar-refractivity contribution is 9.10. The number of para-hydroxylation sites is 1. The molecule has 2 heterocycles. The van der Waals surface area contributed by atoms with Crippen LogP contribution in [0.25, 0.3) is 0 Å². The normalized spacial score (nSPS) is 14.7. The summed E-state index contributed by atoms with van der Waals surface area (Å²) in [6.07, 6.45) is 1.42. The van der Waals surface area contributed by atoms with Crippen LogP contribution in [0.2, 0.25) is 0 Å². The van der Waals surface area contributed by atoms with E-state index in [-0.39, 0.29) is 5.91 Å². The molecule has 1 saturated heterocycles. The SMILES string of the molecule is O=C(Nc1ccccc1Br)c1cc(N2CCOCC2)ncn1. The van der Waals surface area contributed by atoms with Gasteiger partial charge in [-0.1, -0.05) is 12.1 Å². The van der Waals surface area contributed by atoms with E-state index in [0.29, 0.717) is 24.6 Å². The largest absolute Gasteiger partial charge is 0.378 e. The van der Waals surface area contributed by atoms with Crippen molar-refractivity contribution in [2.75, 3.05) is 36.5 Å². The summed E-state index contributed by atoms with van der Waals surface area (Å²) in [6.45, 7) is 2.87. The number of halogens is 1. The summed E-state index contributed by atoms with van der Waals surface area (Å²) in [7, 11) is 0. The molecule has 0 saturated carbocycles. The van der Waals surface area contributed by atoms with Crippen molar-refractivity contribution in [2.24, 2.45) is 0 Å². The van der Waals surface area contributed by atoms with Crippen LogP contribution in [-0.4, -0.2) is 42.2 Å². The molecule has 2 aromatic rings. The average Bonchev–Trinajstić information content (AvgIpc) is 2.58. The molecule has 1 aromatic heterocycles. The highest BCUT2D eigenvalue weighted by Gasteiger charge is 2.16. The summed E-state index contributed by atoms with van der Waals surface area (Å²) in [5, 5.41) is 2.84. The molecule has 0 atom stereocenters. The van der Waals surface area contributed by atoms with Crippen molar-refractivity contribution < 1.29 is 9.53 Å². The second-order valence-electron chi connectivity index (χ2n) is 4.79. The number of ether oxygens (including phenoxy) is 1. The van der Waals surface area contributed by atoms with Crippen molar-refractivity contribution in [2.45, 2.75) is 0 Å². The van der Waals surface area contributed by atoms with Gasteiger partial charge in [-0.15, -0.1) is 0 Å². The molecule has 0 unspecified atom stereocenters.